The standard InChI is InChI=1S/C24H32ClN5/c1-5-29(6-2)17-27-22(15-26)30-16-24(4,20-11-7-18(3)8-12-20)23(28-30)19-9-13-21(25)14-10-19/h7-14H,5-6,15-17,26H2,1-4H3. The zero-order valence-electron chi connectivity index (χ0n) is 18.4. The van der Waals surface area contributed by atoms with Crippen molar-refractivity contribution in [2.75, 3.05) is 32.8 Å². The zero-order chi connectivity index (χ0) is 21.7. The second kappa shape index (κ2) is 9.73. The third kappa shape index (κ3) is 4.75. The molecule has 0 fully saturated rings. The van der Waals surface area contributed by atoms with Crippen molar-refractivity contribution in [2.45, 2.75) is 33.1 Å². The molecule has 0 saturated heterocycles. The number of hydrogen-bond donors (Lipinski definition) is 1. The van der Waals surface area contributed by atoms with Crippen LogP contribution in [0.4, 0.5) is 0 Å². The summed E-state index contributed by atoms with van der Waals surface area (Å²) in [6.07, 6.45) is 0. The van der Waals surface area contributed by atoms with Crippen LogP contribution in [0.1, 0.15) is 37.5 Å². The number of benzene rings is 2. The van der Waals surface area contributed by atoms with Crippen molar-refractivity contribution in [3.63, 3.8) is 0 Å². The van der Waals surface area contributed by atoms with Gasteiger partial charge in [0.15, 0.2) is 0 Å². The lowest BCUT2D eigenvalue weighted by molar-refractivity contribution is 0.311. The Balaban J connectivity index is 2.01. The first-order chi connectivity index (χ1) is 14.4. The molecular weight excluding hydrogens is 394 g/mol. The van der Waals surface area contributed by atoms with Crippen LogP contribution in [0.5, 0.6) is 0 Å². The molecule has 3 rings (SSSR count). The summed E-state index contributed by atoms with van der Waals surface area (Å²) >= 11 is 6.13. The van der Waals surface area contributed by atoms with Crippen LogP contribution in [0.25, 0.3) is 0 Å². The molecule has 1 unspecified atom stereocenters. The molecule has 0 spiro atoms. The number of aryl methyl sites for hydroxylation is 1. The van der Waals surface area contributed by atoms with Gasteiger partial charge >= 0.3 is 0 Å². The van der Waals surface area contributed by atoms with Gasteiger partial charge in [0.2, 0.25) is 0 Å². The third-order valence-electron chi connectivity index (χ3n) is 5.84. The van der Waals surface area contributed by atoms with E-state index in [2.05, 4.69) is 56.9 Å². The number of nitrogens with two attached hydrogens (primary N) is 1. The molecule has 1 aliphatic rings. The third-order valence-corrected chi connectivity index (χ3v) is 6.10. The van der Waals surface area contributed by atoms with E-state index in [0.29, 0.717) is 19.8 Å². The van der Waals surface area contributed by atoms with Crippen LogP contribution in [-0.2, 0) is 5.41 Å². The number of aliphatic imine (C=N–C) groups is 1. The summed E-state index contributed by atoms with van der Waals surface area (Å²) in [5.41, 5.74) is 10.3. The Morgan fingerprint density at radius 1 is 1.13 bits per heavy atom. The Morgan fingerprint density at radius 2 is 1.77 bits per heavy atom. The van der Waals surface area contributed by atoms with E-state index in [1.165, 1.54) is 11.1 Å². The molecule has 1 atom stereocenters. The number of hydrazone groups is 1. The van der Waals surface area contributed by atoms with Crippen molar-refractivity contribution in [3.8, 4) is 0 Å². The van der Waals surface area contributed by atoms with Gasteiger partial charge in [-0.1, -0.05) is 67.4 Å². The normalized spacial score (nSPS) is 19.5. The van der Waals surface area contributed by atoms with E-state index in [1.54, 1.807) is 0 Å². The summed E-state index contributed by atoms with van der Waals surface area (Å²) in [6, 6.07) is 16.6. The molecule has 2 aromatic rings. The summed E-state index contributed by atoms with van der Waals surface area (Å²) in [6.45, 7) is 12.2. The van der Waals surface area contributed by atoms with E-state index >= 15 is 0 Å². The van der Waals surface area contributed by atoms with Gasteiger partial charge < -0.3 is 5.73 Å². The van der Waals surface area contributed by atoms with Crippen molar-refractivity contribution < 1.29 is 0 Å². The number of nitrogens with zero attached hydrogens (tertiary/aromatic N) is 4. The largest absolute Gasteiger partial charge is 0.324 e. The average molecular weight is 426 g/mol. The van der Waals surface area contributed by atoms with Crippen molar-refractivity contribution in [3.05, 3.63) is 70.2 Å². The lowest BCUT2D eigenvalue weighted by Gasteiger charge is -2.28. The van der Waals surface area contributed by atoms with Crippen molar-refractivity contribution in [1.82, 2.24) is 9.91 Å². The Labute approximate surface area is 185 Å². The molecule has 2 aromatic carbocycles. The smallest absolute Gasteiger partial charge is 0.135 e. The highest BCUT2D eigenvalue weighted by Crippen LogP contribution is 2.35. The molecular formula is C24H32ClN5. The maximum absolute atomic E-state index is 6.13. The molecule has 30 heavy (non-hydrogen) atoms. The minimum absolute atomic E-state index is 0.285. The number of rotatable bonds is 7. The van der Waals surface area contributed by atoms with Crippen LogP contribution in [0, 0.1) is 6.92 Å². The molecule has 0 saturated carbocycles. The monoisotopic (exact) mass is 425 g/mol. The van der Waals surface area contributed by atoms with E-state index in [4.69, 9.17) is 27.4 Å². The molecule has 5 nitrogen and oxygen atoms in total. The molecule has 0 bridgehead atoms. The van der Waals surface area contributed by atoms with Gasteiger partial charge in [0.25, 0.3) is 0 Å². The van der Waals surface area contributed by atoms with Crippen molar-refractivity contribution in [2.24, 2.45) is 15.8 Å². The van der Waals surface area contributed by atoms with E-state index in [1.807, 2.05) is 29.3 Å². The molecule has 0 aromatic heterocycles. The Kier molecular flexibility index (Phi) is 7.29. The lowest BCUT2D eigenvalue weighted by atomic mass is 9.76. The first-order valence-electron chi connectivity index (χ1n) is 10.6. The van der Waals surface area contributed by atoms with Crippen LogP contribution in [0.15, 0.2) is 58.6 Å². The molecule has 160 valence electrons. The van der Waals surface area contributed by atoms with Crippen LogP contribution in [-0.4, -0.2) is 54.3 Å². The van der Waals surface area contributed by atoms with Crippen LogP contribution in [0.2, 0.25) is 5.02 Å². The van der Waals surface area contributed by atoms with E-state index in [-0.39, 0.29) is 5.41 Å². The van der Waals surface area contributed by atoms with Gasteiger partial charge in [-0.15, -0.1) is 0 Å². The van der Waals surface area contributed by atoms with Gasteiger partial charge in [-0.2, -0.15) is 5.10 Å². The fraction of sp³-hybridized carbons (Fsp3) is 0.417. The average Bonchev–Trinajstić information content (AvgIpc) is 3.10. The minimum Gasteiger partial charge on any atom is -0.324 e. The van der Waals surface area contributed by atoms with Crippen LogP contribution < -0.4 is 5.73 Å². The molecule has 6 heteroatoms. The predicted octanol–water partition coefficient (Wildman–Crippen LogP) is 4.28. The molecule has 1 heterocycles. The molecule has 0 radical (unpaired) electrons. The van der Waals surface area contributed by atoms with Gasteiger partial charge in [-0.3, -0.25) is 9.89 Å². The molecule has 2 N–H and O–H groups in total. The Bertz CT molecular complexity index is 900. The van der Waals surface area contributed by atoms with Gasteiger partial charge in [-0.25, -0.2) is 5.01 Å². The Morgan fingerprint density at radius 3 is 2.33 bits per heavy atom. The van der Waals surface area contributed by atoms with Crippen molar-refractivity contribution in [1.29, 1.82) is 0 Å². The number of hydrogen-bond acceptors (Lipinski definition) is 4. The first kappa shape index (κ1) is 22.5. The maximum Gasteiger partial charge on any atom is 0.135 e. The number of amidine groups is 1. The van der Waals surface area contributed by atoms with Gasteiger partial charge in [-0.05, 0) is 50.2 Å². The Hall–Kier alpha value is -2.21. The second-order valence-corrected chi connectivity index (χ2v) is 8.37. The first-order valence-corrected chi connectivity index (χ1v) is 10.9. The lowest BCUT2D eigenvalue weighted by Crippen LogP contribution is -2.40. The van der Waals surface area contributed by atoms with E-state index in [9.17, 15) is 0 Å². The molecule has 1 aliphatic heterocycles. The quantitative estimate of drug-likeness (QED) is 0.532. The summed E-state index contributed by atoms with van der Waals surface area (Å²) in [7, 11) is 0. The SMILES string of the molecule is CCN(CC)CN=C(CN)N1CC(C)(c2ccc(C)cc2)C(c2ccc(Cl)cc2)=N1. The van der Waals surface area contributed by atoms with E-state index in [0.717, 1.165) is 35.2 Å². The topological polar surface area (TPSA) is 57.2 Å². The van der Waals surface area contributed by atoms with Crippen molar-refractivity contribution >= 4 is 23.1 Å². The van der Waals surface area contributed by atoms with Crippen LogP contribution >= 0.6 is 11.6 Å². The highest BCUT2D eigenvalue weighted by molar-refractivity contribution is 6.30. The summed E-state index contributed by atoms with van der Waals surface area (Å²) in [5, 5.41) is 7.72. The van der Waals surface area contributed by atoms with Gasteiger partial charge in [0, 0.05) is 5.02 Å². The van der Waals surface area contributed by atoms with Crippen LogP contribution in [0.3, 0.4) is 0 Å². The fourth-order valence-corrected chi connectivity index (χ4v) is 3.91. The zero-order valence-corrected chi connectivity index (χ0v) is 19.2. The highest BCUT2D eigenvalue weighted by atomic mass is 35.5. The minimum atomic E-state index is -0.285. The molecule has 0 aliphatic carbocycles. The summed E-state index contributed by atoms with van der Waals surface area (Å²) < 4.78 is 0. The summed E-state index contributed by atoms with van der Waals surface area (Å²) in [5.74, 6) is 0.809. The molecule has 0 amide bonds. The highest BCUT2D eigenvalue weighted by Gasteiger charge is 2.41. The van der Waals surface area contributed by atoms with E-state index < -0.39 is 0 Å². The summed E-state index contributed by atoms with van der Waals surface area (Å²) in [4.78, 5) is 7.06. The maximum atomic E-state index is 6.13. The predicted molar refractivity (Wildman–Crippen MR) is 128 cm³/mol. The fourth-order valence-electron chi connectivity index (χ4n) is 3.78. The second-order valence-electron chi connectivity index (χ2n) is 7.93. The van der Waals surface area contributed by atoms with Gasteiger partial charge in [0.05, 0.1) is 30.9 Å². The number of halogens is 1. The van der Waals surface area contributed by atoms with Gasteiger partial charge in [0.1, 0.15) is 5.84 Å².